The van der Waals surface area contributed by atoms with Crippen molar-refractivity contribution in [2.24, 2.45) is 0 Å². The van der Waals surface area contributed by atoms with E-state index in [2.05, 4.69) is 4.72 Å². The van der Waals surface area contributed by atoms with E-state index in [9.17, 15) is 22.0 Å². The van der Waals surface area contributed by atoms with Crippen LogP contribution < -0.4 is 4.72 Å². The molecule has 0 heterocycles. The first-order chi connectivity index (χ1) is 8.87. The third-order valence-corrected chi connectivity index (χ3v) is 4.89. The molecule has 1 N–H and O–H groups in total. The van der Waals surface area contributed by atoms with Gasteiger partial charge >= 0.3 is 0 Å². The smallest absolute Gasteiger partial charge is 0.235 e. The SMILES string of the molecule is CCC(CC)S(=O)(=O)Nc1ccc(F)c(C=O)c1F. The van der Waals surface area contributed by atoms with Crippen molar-refractivity contribution in [3.8, 4) is 0 Å². The Balaban J connectivity index is 3.17. The van der Waals surface area contributed by atoms with Crippen molar-refractivity contribution in [3.63, 3.8) is 0 Å². The lowest BCUT2D eigenvalue weighted by atomic mass is 10.2. The molecule has 0 bridgehead atoms. The zero-order chi connectivity index (χ0) is 14.6. The number of rotatable bonds is 6. The quantitative estimate of drug-likeness (QED) is 0.820. The van der Waals surface area contributed by atoms with Crippen molar-refractivity contribution in [1.29, 1.82) is 0 Å². The number of aldehydes is 1. The van der Waals surface area contributed by atoms with Gasteiger partial charge in [0.15, 0.2) is 12.1 Å². The van der Waals surface area contributed by atoms with Gasteiger partial charge in [-0.3, -0.25) is 9.52 Å². The lowest BCUT2D eigenvalue weighted by Gasteiger charge is -2.16. The Hall–Kier alpha value is -1.50. The molecule has 7 heteroatoms. The molecule has 0 aliphatic carbocycles. The summed E-state index contributed by atoms with van der Waals surface area (Å²) in [6.07, 6.45) is 0.754. The average molecular weight is 291 g/mol. The van der Waals surface area contributed by atoms with Crippen LogP contribution in [-0.2, 0) is 10.0 Å². The van der Waals surface area contributed by atoms with E-state index in [1.54, 1.807) is 13.8 Å². The maximum absolute atomic E-state index is 13.7. The highest BCUT2D eigenvalue weighted by Crippen LogP contribution is 2.23. The predicted octanol–water partition coefficient (Wildman–Crippen LogP) is 2.71. The average Bonchev–Trinajstić information content (AvgIpc) is 2.34. The molecule has 0 aliphatic heterocycles. The highest BCUT2D eigenvalue weighted by Gasteiger charge is 2.24. The molecule has 19 heavy (non-hydrogen) atoms. The van der Waals surface area contributed by atoms with Crippen LogP contribution in [-0.4, -0.2) is 20.0 Å². The minimum Gasteiger partial charge on any atom is -0.298 e. The van der Waals surface area contributed by atoms with Crippen LogP contribution >= 0.6 is 0 Å². The van der Waals surface area contributed by atoms with Crippen LogP contribution in [0.25, 0.3) is 0 Å². The van der Waals surface area contributed by atoms with Gasteiger partial charge in [0.25, 0.3) is 0 Å². The Bertz CT molecular complexity index is 569. The second kappa shape index (κ2) is 6.10. The summed E-state index contributed by atoms with van der Waals surface area (Å²) in [5.74, 6) is -2.23. The van der Waals surface area contributed by atoms with Crippen LogP contribution in [0.3, 0.4) is 0 Å². The summed E-state index contributed by atoms with van der Waals surface area (Å²) in [7, 11) is -3.76. The Morgan fingerprint density at radius 3 is 2.32 bits per heavy atom. The van der Waals surface area contributed by atoms with Crippen LogP contribution in [0.1, 0.15) is 37.0 Å². The van der Waals surface area contributed by atoms with E-state index in [-0.39, 0.29) is 6.29 Å². The highest BCUT2D eigenvalue weighted by molar-refractivity contribution is 7.93. The number of hydrogen-bond donors (Lipinski definition) is 1. The number of halogens is 2. The summed E-state index contributed by atoms with van der Waals surface area (Å²) in [5.41, 5.74) is -1.21. The van der Waals surface area contributed by atoms with Gasteiger partial charge in [-0.05, 0) is 25.0 Å². The zero-order valence-corrected chi connectivity index (χ0v) is 11.4. The maximum Gasteiger partial charge on any atom is 0.235 e. The molecule has 0 unspecified atom stereocenters. The Morgan fingerprint density at radius 2 is 1.84 bits per heavy atom. The summed E-state index contributed by atoms with van der Waals surface area (Å²) < 4.78 is 52.8. The number of hydrogen-bond acceptors (Lipinski definition) is 3. The first kappa shape index (κ1) is 15.6. The molecule has 0 atom stereocenters. The van der Waals surface area contributed by atoms with E-state index in [1.165, 1.54) is 0 Å². The maximum atomic E-state index is 13.7. The zero-order valence-electron chi connectivity index (χ0n) is 10.6. The number of sulfonamides is 1. The molecule has 0 fully saturated rings. The largest absolute Gasteiger partial charge is 0.298 e. The van der Waals surface area contributed by atoms with Gasteiger partial charge in [0.2, 0.25) is 10.0 Å². The van der Waals surface area contributed by atoms with Gasteiger partial charge in [-0.1, -0.05) is 13.8 Å². The van der Waals surface area contributed by atoms with Gasteiger partial charge < -0.3 is 0 Å². The molecule has 0 amide bonds. The molecule has 0 aromatic heterocycles. The second-order valence-electron chi connectivity index (χ2n) is 4.03. The molecule has 1 aromatic carbocycles. The van der Waals surface area contributed by atoms with Gasteiger partial charge in [0.05, 0.1) is 16.5 Å². The van der Waals surface area contributed by atoms with Crippen LogP contribution in [0.15, 0.2) is 12.1 Å². The number of nitrogens with one attached hydrogen (secondary N) is 1. The fourth-order valence-electron chi connectivity index (χ4n) is 1.72. The van der Waals surface area contributed by atoms with Crippen LogP contribution in [0, 0.1) is 11.6 Å². The molecular weight excluding hydrogens is 276 g/mol. The molecule has 1 rings (SSSR count). The summed E-state index contributed by atoms with van der Waals surface area (Å²) in [5, 5.41) is -0.670. The first-order valence-electron chi connectivity index (χ1n) is 5.82. The lowest BCUT2D eigenvalue weighted by Crippen LogP contribution is -2.27. The van der Waals surface area contributed by atoms with Crippen LogP contribution in [0.5, 0.6) is 0 Å². The van der Waals surface area contributed by atoms with E-state index in [4.69, 9.17) is 0 Å². The summed E-state index contributed by atoms with van der Waals surface area (Å²) >= 11 is 0. The van der Waals surface area contributed by atoms with Crippen molar-refractivity contribution in [3.05, 3.63) is 29.3 Å². The molecule has 106 valence electrons. The first-order valence-corrected chi connectivity index (χ1v) is 7.36. The molecule has 0 saturated heterocycles. The summed E-state index contributed by atoms with van der Waals surface area (Å²) in [4.78, 5) is 10.6. The third-order valence-electron chi connectivity index (χ3n) is 2.85. The number of carbonyl (C=O) groups excluding carboxylic acids is 1. The van der Waals surface area contributed by atoms with E-state index < -0.39 is 38.2 Å². The van der Waals surface area contributed by atoms with E-state index in [1.807, 2.05) is 0 Å². The van der Waals surface area contributed by atoms with Gasteiger partial charge in [0.1, 0.15) is 5.82 Å². The standard InChI is InChI=1S/C12H15F2NO3S/c1-3-8(4-2)19(17,18)15-11-6-5-10(13)9(7-16)12(11)14/h5-8,15H,3-4H2,1-2H3. The number of carbonyl (C=O) groups is 1. The second-order valence-corrected chi connectivity index (χ2v) is 5.99. The summed E-state index contributed by atoms with van der Waals surface area (Å²) in [6.45, 7) is 3.40. The van der Waals surface area contributed by atoms with Crippen molar-refractivity contribution >= 4 is 22.0 Å². The van der Waals surface area contributed by atoms with Crippen molar-refractivity contribution < 1.29 is 22.0 Å². The van der Waals surface area contributed by atoms with Gasteiger partial charge in [-0.15, -0.1) is 0 Å². The van der Waals surface area contributed by atoms with E-state index in [0.29, 0.717) is 12.8 Å². The summed E-state index contributed by atoms with van der Waals surface area (Å²) in [6, 6.07) is 1.80. The number of benzene rings is 1. The molecule has 0 spiro atoms. The molecule has 4 nitrogen and oxygen atoms in total. The number of anilines is 1. The fraction of sp³-hybridized carbons (Fsp3) is 0.417. The lowest BCUT2D eigenvalue weighted by molar-refractivity contribution is 0.111. The molecule has 0 saturated carbocycles. The molecule has 1 aromatic rings. The third kappa shape index (κ3) is 3.28. The minimum absolute atomic E-state index is 0.0135. The molecule has 0 aliphatic rings. The molecular formula is C12H15F2NO3S. The Morgan fingerprint density at radius 1 is 1.26 bits per heavy atom. The van der Waals surface area contributed by atoms with Crippen molar-refractivity contribution in [1.82, 2.24) is 0 Å². The van der Waals surface area contributed by atoms with E-state index in [0.717, 1.165) is 12.1 Å². The normalized spacial score (nSPS) is 11.6. The molecule has 0 radical (unpaired) electrons. The monoisotopic (exact) mass is 291 g/mol. The highest BCUT2D eigenvalue weighted by atomic mass is 32.2. The fourth-order valence-corrected chi connectivity index (χ4v) is 3.23. The Kier molecular flexibility index (Phi) is 4.99. The Labute approximate surface area is 110 Å². The van der Waals surface area contributed by atoms with Gasteiger partial charge in [-0.25, -0.2) is 17.2 Å². The topological polar surface area (TPSA) is 63.2 Å². The van der Waals surface area contributed by atoms with Crippen molar-refractivity contribution in [2.75, 3.05) is 4.72 Å². The van der Waals surface area contributed by atoms with Gasteiger partial charge in [-0.2, -0.15) is 0 Å². The van der Waals surface area contributed by atoms with Crippen molar-refractivity contribution in [2.45, 2.75) is 31.9 Å². The van der Waals surface area contributed by atoms with Gasteiger partial charge in [0, 0.05) is 0 Å². The van der Waals surface area contributed by atoms with E-state index >= 15 is 0 Å². The predicted molar refractivity (Wildman–Crippen MR) is 68.7 cm³/mol. The van der Waals surface area contributed by atoms with Crippen LogP contribution in [0.2, 0.25) is 0 Å². The minimum atomic E-state index is -3.76. The van der Waals surface area contributed by atoms with Crippen LogP contribution in [0.4, 0.5) is 14.5 Å².